The molecule has 5 nitrogen and oxygen atoms in total. The quantitative estimate of drug-likeness (QED) is 0.624. The zero-order chi connectivity index (χ0) is 14.0. The second-order valence-corrected chi connectivity index (χ2v) is 4.26. The average Bonchev–Trinajstić information content (AvgIpc) is 2.85. The topological polar surface area (TPSA) is 61.2 Å². The van der Waals surface area contributed by atoms with Crippen LogP contribution in [0.2, 0.25) is 0 Å². The minimum atomic E-state index is -0.621. The molecule has 0 aliphatic heterocycles. The van der Waals surface area contributed by atoms with Crippen molar-refractivity contribution in [3.63, 3.8) is 0 Å². The summed E-state index contributed by atoms with van der Waals surface area (Å²) in [5.74, 6) is -0.621. The van der Waals surface area contributed by atoms with Crippen molar-refractivity contribution in [1.29, 1.82) is 0 Å². The van der Waals surface area contributed by atoms with Gasteiger partial charge in [0.15, 0.2) is 12.0 Å². The summed E-state index contributed by atoms with van der Waals surface area (Å²) < 4.78 is 6.10. The zero-order valence-electron chi connectivity index (χ0n) is 11.0. The number of esters is 1. The smallest absolute Gasteiger partial charge is 0.359 e. The minimum Gasteiger partial charge on any atom is -0.464 e. The molecule has 98 valence electrons. The van der Waals surface area contributed by atoms with E-state index in [1.807, 2.05) is 32.0 Å². The number of aldehydes is 1. The van der Waals surface area contributed by atoms with Gasteiger partial charge in [0.25, 0.3) is 0 Å². The molecule has 19 heavy (non-hydrogen) atoms. The van der Waals surface area contributed by atoms with Crippen molar-refractivity contribution in [1.82, 2.24) is 9.78 Å². The molecule has 1 aromatic carbocycles. The molecule has 0 fully saturated rings. The number of ether oxygens (including phenoxy) is 1. The summed E-state index contributed by atoms with van der Waals surface area (Å²) in [6.45, 7) is 4.00. The van der Waals surface area contributed by atoms with Gasteiger partial charge < -0.3 is 4.74 Å². The first-order valence-electron chi connectivity index (χ1n) is 5.77. The van der Waals surface area contributed by atoms with Crippen molar-refractivity contribution in [2.45, 2.75) is 13.8 Å². The van der Waals surface area contributed by atoms with Crippen LogP contribution in [-0.2, 0) is 4.74 Å². The first-order chi connectivity index (χ1) is 9.06. The predicted octanol–water partition coefficient (Wildman–Crippen LogP) is 2.09. The molecule has 0 spiro atoms. The second-order valence-electron chi connectivity index (χ2n) is 4.26. The maximum atomic E-state index is 11.5. The van der Waals surface area contributed by atoms with Gasteiger partial charge in [-0.15, -0.1) is 0 Å². The number of methoxy groups -OCH3 is 1. The van der Waals surface area contributed by atoms with E-state index in [9.17, 15) is 9.59 Å². The normalized spacial score (nSPS) is 10.3. The molecular weight excluding hydrogens is 244 g/mol. The molecule has 5 heteroatoms. The number of benzene rings is 1. The van der Waals surface area contributed by atoms with Crippen LogP contribution in [0.3, 0.4) is 0 Å². The van der Waals surface area contributed by atoms with E-state index < -0.39 is 5.97 Å². The number of aryl methyl sites for hydroxylation is 2. The fraction of sp³-hybridized carbons (Fsp3) is 0.214. The number of hydrogen-bond acceptors (Lipinski definition) is 4. The van der Waals surface area contributed by atoms with Gasteiger partial charge in [0.2, 0.25) is 0 Å². The van der Waals surface area contributed by atoms with Crippen LogP contribution in [0.4, 0.5) is 0 Å². The molecule has 0 radical (unpaired) electrons. The van der Waals surface area contributed by atoms with E-state index in [2.05, 4.69) is 9.84 Å². The van der Waals surface area contributed by atoms with Gasteiger partial charge in [-0.3, -0.25) is 4.79 Å². The first kappa shape index (κ1) is 13.0. The Morgan fingerprint density at radius 3 is 2.63 bits per heavy atom. The number of aromatic nitrogens is 2. The van der Waals surface area contributed by atoms with Crippen LogP contribution in [0.15, 0.2) is 24.4 Å². The molecule has 0 aliphatic rings. The maximum absolute atomic E-state index is 11.5. The average molecular weight is 258 g/mol. The number of hydrogen-bond donors (Lipinski definition) is 0. The Labute approximate surface area is 110 Å². The van der Waals surface area contributed by atoms with E-state index >= 15 is 0 Å². The fourth-order valence-corrected chi connectivity index (χ4v) is 1.73. The van der Waals surface area contributed by atoms with Crippen molar-refractivity contribution in [3.8, 4) is 5.69 Å². The Bertz CT molecular complexity index is 644. The van der Waals surface area contributed by atoms with Gasteiger partial charge in [-0.05, 0) is 37.1 Å². The SMILES string of the molecule is COC(=O)c1nn(-c2ccc(C)c(C)c2)cc1C=O. The molecular formula is C14H14N2O3. The minimum absolute atomic E-state index is 0.0238. The van der Waals surface area contributed by atoms with Crippen LogP contribution >= 0.6 is 0 Å². The fourth-order valence-electron chi connectivity index (χ4n) is 1.73. The molecule has 1 aromatic heterocycles. The van der Waals surface area contributed by atoms with Crippen molar-refractivity contribution >= 4 is 12.3 Å². The highest BCUT2D eigenvalue weighted by molar-refractivity contribution is 5.96. The van der Waals surface area contributed by atoms with Crippen LogP contribution in [0.5, 0.6) is 0 Å². The van der Waals surface area contributed by atoms with Gasteiger partial charge in [0.1, 0.15) is 0 Å². The summed E-state index contributed by atoms with van der Waals surface area (Å²) in [7, 11) is 1.26. The molecule has 2 rings (SSSR count). The van der Waals surface area contributed by atoms with E-state index in [0.29, 0.717) is 6.29 Å². The Morgan fingerprint density at radius 1 is 1.32 bits per heavy atom. The van der Waals surface area contributed by atoms with Crippen molar-refractivity contribution in [3.05, 3.63) is 46.8 Å². The number of rotatable bonds is 3. The molecule has 1 heterocycles. The monoisotopic (exact) mass is 258 g/mol. The first-order valence-corrected chi connectivity index (χ1v) is 5.77. The number of nitrogens with zero attached hydrogens (tertiary/aromatic N) is 2. The van der Waals surface area contributed by atoms with Gasteiger partial charge in [-0.2, -0.15) is 5.10 Å². The molecule has 0 saturated carbocycles. The Kier molecular flexibility index (Phi) is 3.46. The van der Waals surface area contributed by atoms with Crippen LogP contribution < -0.4 is 0 Å². The van der Waals surface area contributed by atoms with Crippen molar-refractivity contribution in [2.24, 2.45) is 0 Å². The summed E-state index contributed by atoms with van der Waals surface area (Å²) in [4.78, 5) is 22.5. The lowest BCUT2D eigenvalue weighted by Gasteiger charge is -2.04. The lowest BCUT2D eigenvalue weighted by molar-refractivity contribution is 0.0591. The maximum Gasteiger partial charge on any atom is 0.359 e. The molecule has 0 saturated heterocycles. The van der Waals surface area contributed by atoms with Crippen LogP contribution in [-0.4, -0.2) is 29.1 Å². The molecule has 0 unspecified atom stereocenters. The van der Waals surface area contributed by atoms with Crippen LogP contribution in [0.1, 0.15) is 32.0 Å². The van der Waals surface area contributed by atoms with E-state index in [1.54, 1.807) is 0 Å². The highest BCUT2D eigenvalue weighted by Gasteiger charge is 2.17. The van der Waals surface area contributed by atoms with Crippen molar-refractivity contribution in [2.75, 3.05) is 7.11 Å². The van der Waals surface area contributed by atoms with Gasteiger partial charge >= 0.3 is 5.97 Å². The lowest BCUT2D eigenvalue weighted by atomic mass is 10.1. The molecule has 0 atom stereocenters. The van der Waals surface area contributed by atoms with E-state index in [-0.39, 0.29) is 11.3 Å². The largest absolute Gasteiger partial charge is 0.464 e. The second kappa shape index (κ2) is 5.06. The van der Waals surface area contributed by atoms with Gasteiger partial charge in [0.05, 0.1) is 18.4 Å². The van der Waals surface area contributed by atoms with Gasteiger partial charge in [-0.1, -0.05) is 6.07 Å². The summed E-state index contributed by atoms with van der Waals surface area (Å²) in [5, 5.41) is 4.10. The van der Waals surface area contributed by atoms with Crippen molar-refractivity contribution < 1.29 is 14.3 Å². The molecule has 0 amide bonds. The third-order valence-corrected chi connectivity index (χ3v) is 3.00. The standard InChI is InChI=1S/C14H14N2O3/c1-9-4-5-12(6-10(9)2)16-7-11(8-17)13(15-16)14(18)19-3/h4-8H,1-3H3. The Balaban J connectivity index is 2.51. The number of carbonyl (C=O) groups is 2. The van der Waals surface area contributed by atoms with Gasteiger partial charge in [-0.25, -0.2) is 9.48 Å². The lowest BCUT2D eigenvalue weighted by Crippen LogP contribution is -2.06. The molecule has 0 bridgehead atoms. The zero-order valence-corrected chi connectivity index (χ0v) is 11.0. The van der Waals surface area contributed by atoms with Crippen LogP contribution in [0, 0.1) is 13.8 Å². The summed E-state index contributed by atoms with van der Waals surface area (Å²) in [6, 6.07) is 5.79. The highest BCUT2D eigenvalue weighted by atomic mass is 16.5. The Hall–Kier alpha value is -2.43. The number of carbonyl (C=O) groups excluding carboxylic acids is 2. The summed E-state index contributed by atoms with van der Waals surface area (Å²) >= 11 is 0. The predicted molar refractivity (Wildman–Crippen MR) is 69.8 cm³/mol. The molecule has 0 aliphatic carbocycles. The summed E-state index contributed by atoms with van der Waals surface area (Å²) in [5.41, 5.74) is 3.31. The van der Waals surface area contributed by atoms with Crippen LogP contribution in [0.25, 0.3) is 5.69 Å². The third-order valence-electron chi connectivity index (χ3n) is 3.00. The Morgan fingerprint density at radius 2 is 2.05 bits per heavy atom. The van der Waals surface area contributed by atoms with E-state index in [1.165, 1.54) is 23.6 Å². The molecule has 2 aromatic rings. The van der Waals surface area contributed by atoms with Gasteiger partial charge in [0, 0.05) is 6.20 Å². The molecule has 0 N–H and O–H groups in total. The van der Waals surface area contributed by atoms with E-state index in [0.717, 1.165) is 11.3 Å². The van der Waals surface area contributed by atoms with E-state index in [4.69, 9.17) is 0 Å². The highest BCUT2D eigenvalue weighted by Crippen LogP contribution is 2.15. The third kappa shape index (κ3) is 2.40. The summed E-state index contributed by atoms with van der Waals surface area (Å²) in [6.07, 6.45) is 2.11.